The maximum absolute atomic E-state index is 4.25. The lowest BCUT2D eigenvalue weighted by Gasteiger charge is -2.18. The van der Waals surface area contributed by atoms with Crippen LogP contribution in [-0.2, 0) is 0 Å². The molecule has 0 amide bonds. The molecule has 0 fully saturated rings. The zero-order valence-corrected chi connectivity index (χ0v) is 8.72. The first-order valence-corrected chi connectivity index (χ1v) is 5.15. The van der Waals surface area contributed by atoms with E-state index in [1.165, 1.54) is 5.57 Å². The molecule has 1 unspecified atom stereocenters. The summed E-state index contributed by atoms with van der Waals surface area (Å²) in [5.41, 5.74) is 1.44. The van der Waals surface area contributed by atoms with Gasteiger partial charge in [0.15, 0.2) is 0 Å². The van der Waals surface area contributed by atoms with Crippen LogP contribution in [0.15, 0.2) is 42.3 Å². The fourth-order valence-corrected chi connectivity index (χ4v) is 1.73. The summed E-state index contributed by atoms with van der Waals surface area (Å²) < 4.78 is 2.00. The van der Waals surface area contributed by atoms with Crippen LogP contribution in [0, 0.1) is 5.92 Å². The van der Waals surface area contributed by atoms with Gasteiger partial charge >= 0.3 is 0 Å². The molecule has 74 valence electrons. The third kappa shape index (κ3) is 1.79. The van der Waals surface area contributed by atoms with Gasteiger partial charge in [0.05, 0.1) is 6.04 Å². The summed E-state index contributed by atoms with van der Waals surface area (Å²) in [5, 5.41) is 4.25. The Morgan fingerprint density at radius 3 is 2.86 bits per heavy atom. The first-order chi connectivity index (χ1) is 6.77. The predicted molar refractivity (Wildman–Crippen MR) is 57.9 cm³/mol. The Kier molecular flexibility index (Phi) is 2.53. The van der Waals surface area contributed by atoms with E-state index in [-0.39, 0.29) is 0 Å². The number of nitrogens with zero attached hydrogens (tertiary/aromatic N) is 2. The van der Waals surface area contributed by atoms with Gasteiger partial charge in [0.2, 0.25) is 0 Å². The average Bonchev–Trinajstić information content (AvgIpc) is 2.71. The zero-order chi connectivity index (χ0) is 9.97. The smallest absolute Gasteiger partial charge is 0.0737 e. The van der Waals surface area contributed by atoms with Crippen LogP contribution in [0.2, 0.25) is 0 Å². The Bertz CT molecular complexity index is 344. The molecular formula is C12H16N2. The van der Waals surface area contributed by atoms with Crippen molar-refractivity contribution in [3.8, 4) is 0 Å². The lowest BCUT2D eigenvalue weighted by atomic mass is 9.95. The molecule has 1 atom stereocenters. The summed E-state index contributed by atoms with van der Waals surface area (Å²) in [6, 6.07) is 2.38. The number of hydrogen-bond acceptors (Lipinski definition) is 1. The van der Waals surface area contributed by atoms with Gasteiger partial charge in [0.25, 0.3) is 0 Å². The van der Waals surface area contributed by atoms with Crippen molar-refractivity contribution in [1.82, 2.24) is 9.78 Å². The normalized spacial score (nSPS) is 21.4. The van der Waals surface area contributed by atoms with Gasteiger partial charge in [-0.1, -0.05) is 32.1 Å². The number of rotatable bonds is 2. The SMILES string of the molecule is CC(C)C1=CCC(n2cccn2)C=C1. The fourth-order valence-electron chi connectivity index (χ4n) is 1.73. The second-order valence-electron chi connectivity index (χ2n) is 4.01. The Hall–Kier alpha value is -1.31. The summed E-state index contributed by atoms with van der Waals surface area (Å²) >= 11 is 0. The van der Waals surface area contributed by atoms with E-state index in [2.05, 4.69) is 37.2 Å². The largest absolute Gasteiger partial charge is 0.266 e. The maximum atomic E-state index is 4.25. The highest BCUT2D eigenvalue weighted by Crippen LogP contribution is 2.24. The van der Waals surface area contributed by atoms with Gasteiger partial charge in [-0.3, -0.25) is 4.68 Å². The molecule has 2 heteroatoms. The van der Waals surface area contributed by atoms with E-state index < -0.39 is 0 Å². The lowest BCUT2D eigenvalue weighted by Crippen LogP contribution is -2.09. The molecule has 0 spiro atoms. The average molecular weight is 188 g/mol. The molecule has 1 aromatic rings. The third-order valence-electron chi connectivity index (χ3n) is 2.64. The van der Waals surface area contributed by atoms with E-state index in [1.807, 2.05) is 23.1 Å². The molecule has 0 N–H and O–H groups in total. The molecule has 1 aliphatic rings. The van der Waals surface area contributed by atoms with Crippen LogP contribution in [0.1, 0.15) is 26.3 Å². The van der Waals surface area contributed by atoms with Crippen LogP contribution in [0.4, 0.5) is 0 Å². The molecule has 1 aliphatic carbocycles. The van der Waals surface area contributed by atoms with Gasteiger partial charge in [-0.2, -0.15) is 5.10 Å². The monoisotopic (exact) mass is 188 g/mol. The van der Waals surface area contributed by atoms with Crippen LogP contribution >= 0.6 is 0 Å². The highest BCUT2D eigenvalue weighted by molar-refractivity contribution is 5.26. The van der Waals surface area contributed by atoms with Crippen LogP contribution in [-0.4, -0.2) is 9.78 Å². The van der Waals surface area contributed by atoms with Crippen molar-refractivity contribution in [1.29, 1.82) is 0 Å². The van der Waals surface area contributed by atoms with E-state index in [1.54, 1.807) is 0 Å². The van der Waals surface area contributed by atoms with Crippen LogP contribution in [0.3, 0.4) is 0 Å². The molecule has 0 aromatic carbocycles. The summed E-state index contributed by atoms with van der Waals surface area (Å²) in [6.45, 7) is 4.45. The Labute approximate surface area is 84.9 Å². The number of hydrogen-bond donors (Lipinski definition) is 0. The van der Waals surface area contributed by atoms with Crippen LogP contribution in [0.25, 0.3) is 0 Å². The van der Waals surface area contributed by atoms with Gasteiger partial charge in [-0.05, 0) is 24.0 Å². The van der Waals surface area contributed by atoms with Crippen molar-refractivity contribution < 1.29 is 0 Å². The van der Waals surface area contributed by atoms with Crippen molar-refractivity contribution >= 4 is 0 Å². The van der Waals surface area contributed by atoms with E-state index in [0.29, 0.717) is 12.0 Å². The third-order valence-corrected chi connectivity index (χ3v) is 2.64. The molecule has 2 rings (SSSR count). The number of allylic oxidation sites excluding steroid dienone is 4. The Morgan fingerprint density at radius 1 is 1.50 bits per heavy atom. The Balaban J connectivity index is 2.08. The molecule has 14 heavy (non-hydrogen) atoms. The first kappa shape index (κ1) is 9.25. The summed E-state index contributed by atoms with van der Waals surface area (Å²) in [6.07, 6.45) is 11.7. The van der Waals surface area contributed by atoms with Crippen LogP contribution in [0.5, 0.6) is 0 Å². The topological polar surface area (TPSA) is 17.8 Å². The van der Waals surface area contributed by atoms with E-state index in [9.17, 15) is 0 Å². The standard InChI is InChI=1S/C12H16N2/c1-10(2)11-4-6-12(7-5-11)14-9-3-8-13-14/h3-6,8-10,12H,7H2,1-2H3. The molecule has 0 saturated heterocycles. The molecule has 0 aliphatic heterocycles. The van der Waals surface area contributed by atoms with Crippen molar-refractivity contribution in [2.45, 2.75) is 26.3 Å². The first-order valence-electron chi connectivity index (χ1n) is 5.15. The second-order valence-corrected chi connectivity index (χ2v) is 4.01. The lowest BCUT2D eigenvalue weighted by molar-refractivity contribution is 0.535. The minimum absolute atomic E-state index is 0.410. The van der Waals surface area contributed by atoms with Crippen molar-refractivity contribution in [3.63, 3.8) is 0 Å². The van der Waals surface area contributed by atoms with Gasteiger partial charge in [0, 0.05) is 12.4 Å². The van der Waals surface area contributed by atoms with E-state index >= 15 is 0 Å². The van der Waals surface area contributed by atoms with E-state index in [0.717, 1.165) is 6.42 Å². The predicted octanol–water partition coefficient (Wildman–Crippen LogP) is 2.97. The van der Waals surface area contributed by atoms with Crippen molar-refractivity contribution in [2.75, 3.05) is 0 Å². The highest BCUT2D eigenvalue weighted by Gasteiger charge is 2.11. The second kappa shape index (κ2) is 3.82. The highest BCUT2D eigenvalue weighted by atomic mass is 15.3. The van der Waals surface area contributed by atoms with E-state index in [4.69, 9.17) is 0 Å². The molecule has 1 aromatic heterocycles. The molecular weight excluding hydrogens is 172 g/mol. The quantitative estimate of drug-likeness (QED) is 0.697. The molecule has 0 radical (unpaired) electrons. The van der Waals surface area contributed by atoms with Crippen molar-refractivity contribution in [2.24, 2.45) is 5.92 Å². The number of aromatic nitrogens is 2. The van der Waals surface area contributed by atoms with Gasteiger partial charge in [0.1, 0.15) is 0 Å². The fraction of sp³-hybridized carbons (Fsp3) is 0.417. The van der Waals surface area contributed by atoms with Gasteiger partial charge in [-0.15, -0.1) is 0 Å². The van der Waals surface area contributed by atoms with Crippen molar-refractivity contribution in [3.05, 3.63) is 42.3 Å². The minimum Gasteiger partial charge on any atom is -0.266 e. The van der Waals surface area contributed by atoms with Gasteiger partial charge < -0.3 is 0 Å². The van der Waals surface area contributed by atoms with Crippen LogP contribution < -0.4 is 0 Å². The van der Waals surface area contributed by atoms with Gasteiger partial charge in [-0.25, -0.2) is 0 Å². The molecule has 0 saturated carbocycles. The molecule has 2 nitrogen and oxygen atoms in total. The summed E-state index contributed by atoms with van der Waals surface area (Å²) in [7, 11) is 0. The Morgan fingerprint density at radius 2 is 2.36 bits per heavy atom. The summed E-state index contributed by atoms with van der Waals surface area (Å²) in [4.78, 5) is 0. The zero-order valence-electron chi connectivity index (χ0n) is 8.72. The maximum Gasteiger partial charge on any atom is 0.0737 e. The summed E-state index contributed by atoms with van der Waals surface area (Å²) in [5.74, 6) is 0.629. The molecule has 0 bridgehead atoms. The minimum atomic E-state index is 0.410. The molecule has 1 heterocycles.